The van der Waals surface area contributed by atoms with Crippen molar-refractivity contribution in [3.05, 3.63) is 80.9 Å². The van der Waals surface area contributed by atoms with Crippen LogP contribution in [0.1, 0.15) is 29.7 Å². The van der Waals surface area contributed by atoms with E-state index in [9.17, 15) is 14.7 Å². The van der Waals surface area contributed by atoms with Crippen molar-refractivity contribution < 1.29 is 14.3 Å². The van der Waals surface area contributed by atoms with Crippen LogP contribution in [0.15, 0.2) is 58.0 Å². The van der Waals surface area contributed by atoms with Crippen LogP contribution in [0.4, 0.5) is 16.3 Å². The van der Waals surface area contributed by atoms with E-state index in [1.54, 1.807) is 25.4 Å². The highest BCUT2D eigenvalue weighted by Crippen LogP contribution is 2.34. The summed E-state index contributed by atoms with van der Waals surface area (Å²) in [6.45, 7) is 7.48. The van der Waals surface area contributed by atoms with Crippen LogP contribution in [0, 0.1) is 13.8 Å². The molecule has 0 unspecified atom stereocenters. The third-order valence-electron chi connectivity index (χ3n) is 6.85. The maximum Gasteiger partial charge on any atom is 0.407 e. The van der Waals surface area contributed by atoms with E-state index in [1.165, 1.54) is 4.90 Å². The number of aryl methyl sites for hydroxylation is 1. The minimum Gasteiger partial charge on any atom is -0.465 e. The van der Waals surface area contributed by atoms with Gasteiger partial charge in [0.05, 0.1) is 17.1 Å². The molecule has 2 N–H and O–H groups in total. The monoisotopic (exact) mass is 533 g/mol. The summed E-state index contributed by atoms with van der Waals surface area (Å²) in [4.78, 5) is 36.9. The Balaban J connectivity index is 1.54. The number of carboxylic acid groups (broad SMARTS) is 1. The predicted octanol–water partition coefficient (Wildman–Crippen LogP) is 5.49. The molecule has 5 rings (SSSR count). The summed E-state index contributed by atoms with van der Waals surface area (Å²) in [6.07, 6.45) is 2.44. The number of amides is 1. The van der Waals surface area contributed by atoms with Crippen molar-refractivity contribution in [1.29, 1.82) is 0 Å². The first-order valence-electron chi connectivity index (χ1n) is 12.4. The molecule has 10 heteroatoms. The number of hydrogen-bond donors (Lipinski definition) is 2. The average Bonchev–Trinajstić information content (AvgIpc) is 2.92. The van der Waals surface area contributed by atoms with Crippen molar-refractivity contribution in [1.82, 2.24) is 14.9 Å². The number of anilines is 2. The van der Waals surface area contributed by atoms with Gasteiger partial charge in [-0.15, -0.1) is 0 Å². The van der Waals surface area contributed by atoms with Crippen molar-refractivity contribution >= 4 is 40.2 Å². The highest BCUT2D eigenvalue weighted by atomic mass is 35.5. The van der Waals surface area contributed by atoms with E-state index in [4.69, 9.17) is 16.0 Å². The highest BCUT2D eigenvalue weighted by molar-refractivity contribution is 6.29. The molecule has 9 nitrogen and oxygen atoms in total. The fraction of sp³-hybridized carbons (Fsp3) is 0.286. The maximum absolute atomic E-state index is 13.4. The Morgan fingerprint density at radius 3 is 2.61 bits per heavy atom. The first-order valence-corrected chi connectivity index (χ1v) is 12.7. The zero-order valence-corrected chi connectivity index (χ0v) is 22.1. The molecule has 196 valence electrons. The highest BCUT2D eigenvalue weighted by Gasteiger charge is 2.25. The summed E-state index contributed by atoms with van der Waals surface area (Å²) in [5, 5.41) is 13.7. The van der Waals surface area contributed by atoms with Crippen molar-refractivity contribution in [3.63, 3.8) is 0 Å². The molecular weight excluding hydrogens is 506 g/mol. The van der Waals surface area contributed by atoms with E-state index in [2.05, 4.69) is 15.3 Å². The first-order chi connectivity index (χ1) is 18.2. The van der Waals surface area contributed by atoms with Gasteiger partial charge in [-0.25, -0.2) is 9.78 Å². The molecule has 0 spiro atoms. The average molecular weight is 534 g/mol. The van der Waals surface area contributed by atoms with Gasteiger partial charge in [0.2, 0.25) is 0 Å². The second-order valence-corrected chi connectivity index (χ2v) is 9.87. The van der Waals surface area contributed by atoms with Crippen LogP contribution in [-0.2, 0) is 0 Å². The summed E-state index contributed by atoms with van der Waals surface area (Å²) in [5.74, 6) is 1.15. The Bertz CT molecular complexity index is 1570. The molecule has 4 heterocycles. The quantitative estimate of drug-likeness (QED) is 0.324. The molecular formula is C28H28ClN5O4. The number of carbonyl (C=O) groups is 1. The molecule has 1 atom stereocenters. The van der Waals surface area contributed by atoms with Crippen molar-refractivity contribution in [3.8, 4) is 11.3 Å². The van der Waals surface area contributed by atoms with Crippen molar-refractivity contribution in [2.45, 2.75) is 26.8 Å². The summed E-state index contributed by atoms with van der Waals surface area (Å²) in [7, 11) is 0. The molecule has 1 saturated heterocycles. The minimum absolute atomic E-state index is 0.0765. The van der Waals surface area contributed by atoms with Crippen LogP contribution in [0.25, 0.3) is 22.3 Å². The van der Waals surface area contributed by atoms with Gasteiger partial charge in [-0.2, -0.15) is 0 Å². The number of hydrogen-bond acceptors (Lipinski definition) is 7. The molecule has 1 fully saturated rings. The van der Waals surface area contributed by atoms with Gasteiger partial charge in [0.25, 0.3) is 0 Å². The van der Waals surface area contributed by atoms with Gasteiger partial charge in [-0.3, -0.25) is 9.78 Å². The Labute approximate surface area is 224 Å². The van der Waals surface area contributed by atoms with Crippen molar-refractivity contribution in [2.24, 2.45) is 0 Å². The van der Waals surface area contributed by atoms with E-state index in [0.29, 0.717) is 59.4 Å². The molecule has 1 amide bonds. The number of benzene rings is 1. The van der Waals surface area contributed by atoms with E-state index in [-0.39, 0.29) is 11.5 Å². The Hall–Kier alpha value is -4.11. The van der Waals surface area contributed by atoms with Crippen LogP contribution < -0.4 is 15.6 Å². The Morgan fingerprint density at radius 2 is 1.92 bits per heavy atom. The van der Waals surface area contributed by atoms with Gasteiger partial charge in [0.1, 0.15) is 16.5 Å². The van der Waals surface area contributed by atoms with Gasteiger partial charge in [0.15, 0.2) is 11.2 Å². The third kappa shape index (κ3) is 4.89. The predicted molar refractivity (Wildman–Crippen MR) is 148 cm³/mol. The lowest BCUT2D eigenvalue weighted by Gasteiger charge is -2.35. The number of halogens is 1. The lowest BCUT2D eigenvalue weighted by Crippen LogP contribution is -2.48. The number of piperazine rings is 1. The van der Waals surface area contributed by atoms with Crippen LogP contribution >= 0.6 is 11.6 Å². The van der Waals surface area contributed by atoms with E-state index in [1.807, 2.05) is 49.1 Å². The zero-order valence-electron chi connectivity index (χ0n) is 21.4. The van der Waals surface area contributed by atoms with E-state index in [0.717, 1.165) is 22.4 Å². The lowest BCUT2D eigenvalue weighted by atomic mass is 9.99. The fourth-order valence-electron chi connectivity index (χ4n) is 4.86. The van der Waals surface area contributed by atoms with Gasteiger partial charge in [-0.1, -0.05) is 17.7 Å². The second kappa shape index (κ2) is 10.3. The maximum atomic E-state index is 13.4. The molecule has 4 aromatic rings. The number of nitrogens with zero attached hydrogens (tertiary/aromatic N) is 4. The molecule has 0 aliphatic carbocycles. The van der Waals surface area contributed by atoms with Gasteiger partial charge in [0, 0.05) is 55.3 Å². The number of aromatic nitrogens is 2. The normalized spacial score (nSPS) is 14.5. The van der Waals surface area contributed by atoms with Crippen LogP contribution in [0.2, 0.25) is 5.15 Å². The smallest absolute Gasteiger partial charge is 0.407 e. The number of fused-ring (bicyclic) bond motifs is 1. The number of nitrogens with one attached hydrogen (secondary N) is 1. The summed E-state index contributed by atoms with van der Waals surface area (Å²) < 4.78 is 6.42. The molecule has 1 aliphatic rings. The standard InChI is InChI=1S/C28H28ClN5O4/c1-16-13-20(26-21(14-16)24(35)17(2)25(38-26)19-5-4-8-30-15-19)18(3)31-22-6-7-23(29)32-27(22)33-9-11-34(12-10-33)28(36)37/h4-8,13-15,18,31H,9-12H2,1-3H3,(H,36,37)/t18-/m1/s1. The third-order valence-corrected chi connectivity index (χ3v) is 7.06. The van der Waals surface area contributed by atoms with Crippen molar-refractivity contribution in [2.75, 3.05) is 36.4 Å². The van der Waals surface area contributed by atoms with Crippen LogP contribution in [0.3, 0.4) is 0 Å². The topological polar surface area (TPSA) is 112 Å². The lowest BCUT2D eigenvalue weighted by molar-refractivity contribution is 0.142. The fourth-order valence-corrected chi connectivity index (χ4v) is 5.00. The molecule has 0 bridgehead atoms. The van der Waals surface area contributed by atoms with E-state index >= 15 is 0 Å². The molecule has 1 aromatic carbocycles. The zero-order chi connectivity index (χ0) is 27.0. The Morgan fingerprint density at radius 1 is 1.16 bits per heavy atom. The van der Waals surface area contributed by atoms with Crippen LogP contribution in [-0.4, -0.2) is 52.2 Å². The molecule has 3 aromatic heterocycles. The minimum atomic E-state index is -0.926. The SMILES string of the molecule is Cc1cc([C@@H](C)Nc2ccc(Cl)nc2N2CCN(C(=O)O)CC2)c2oc(-c3cccnc3)c(C)c(=O)c2c1. The Kier molecular flexibility index (Phi) is 6.94. The molecule has 38 heavy (non-hydrogen) atoms. The summed E-state index contributed by atoms with van der Waals surface area (Å²) in [6, 6.07) is 10.9. The van der Waals surface area contributed by atoms with Gasteiger partial charge < -0.3 is 24.6 Å². The second-order valence-electron chi connectivity index (χ2n) is 9.49. The molecule has 0 radical (unpaired) electrons. The summed E-state index contributed by atoms with van der Waals surface area (Å²) >= 11 is 6.25. The molecule has 1 aliphatic heterocycles. The number of rotatable bonds is 5. The van der Waals surface area contributed by atoms with Gasteiger partial charge in [-0.05, 0) is 56.7 Å². The van der Waals surface area contributed by atoms with Gasteiger partial charge >= 0.3 is 6.09 Å². The van der Waals surface area contributed by atoms with Crippen LogP contribution in [0.5, 0.6) is 0 Å². The summed E-state index contributed by atoms with van der Waals surface area (Å²) in [5.41, 5.74) is 4.24. The first kappa shape index (κ1) is 25.5. The largest absolute Gasteiger partial charge is 0.465 e. The van der Waals surface area contributed by atoms with E-state index < -0.39 is 6.09 Å². The number of pyridine rings is 2. The molecule has 0 saturated carbocycles.